The second-order valence-electron chi connectivity index (χ2n) is 11.0. The average molecular weight is 993 g/mol. The lowest BCUT2D eigenvalue weighted by atomic mass is 10.2. The SMILES string of the molecule is C.C.C.C.C.Cc1cc(C)nc(Cl)c1.Cc1cc(Cl)nc(CBr)c1.Cc1cc(Cl)nc(CN=[N+]=[N-])c1.Cc1cc(Cl)nc(CO)c1.NCc1cc(C(F)(F)F)cc(Cl)n1. The van der Waals surface area contributed by atoms with Gasteiger partial charge in [0.05, 0.1) is 35.8 Å². The van der Waals surface area contributed by atoms with Gasteiger partial charge in [0.15, 0.2) is 0 Å². The van der Waals surface area contributed by atoms with Crippen molar-refractivity contribution in [3.63, 3.8) is 0 Å². The zero-order valence-corrected chi connectivity index (χ0v) is 35.0. The molecule has 59 heavy (non-hydrogen) atoms. The number of alkyl halides is 4. The van der Waals surface area contributed by atoms with E-state index in [4.69, 9.17) is 74.4 Å². The summed E-state index contributed by atoms with van der Waals surface area (Å²) in [6, 6.07) is 16.5. The molecule has 5 aromatic heterocycles. The molecule has 10 nitrogen and oxygen atoms in total. The topological polar surface area (TPSA) is 159 Å². The second kappa shape index (κ2) is 33.4. The summed E-state index contributed by atoms with van der Waals surface area (Å²) >= 11 is 31.3. The van der Waals surface area contributed by atoms with Gasteiger partial charge in [0.2, 0.25) is 0 Å². The third-order valence-corrected chi connectivity index (χ3v) is 7.56. The standard InChI is InChI=1S/C7H7BrClN.C7H6ClF3N2.C7H7ClN4.C7H8ClNO.C7H8ClN.5CH4/c1-5-2-6(4-8)10-7(9)3-5;8-6-2-4(7(9,10)11)1-5(3-12)13-6;1-5-2-6(4-10-12-9)11-7(8)3-5;1-5-2-6(4-10)9-7(8)3-5;1-5-3-6(2)9-7(8)4-5;;;;;/h2-3H,4H2,1H3;1-2H,3,12H2;2-3H,4H2,1H3;2-3,10H,4H2,1H3;3-4H,1-2H3;5*1H4. The predicted molar refractivity (Wildman–Crippen MR) is 248 cm³/mol. The van der Waals surface area contributed by atoms with E-state index in [1.807, 2.05) is 65.0 Å². The fourth-order valence-corrected chi connectivity index (χ4v) is 5.69. The number of aromatic nitrogens is 5. The van der Waals surface area contributed by atoms with Crippen molar-refractivity contribution in [3.8, 4) is 0 Å². The Bertz CT molecular complexity index is 1840. The van der Waals surface area contributed by atoms with Crippen molar-refractivity contribution in [2.24, 2.45) is 10.8 Å². The van der Waals surface area contributed by atoms with Crippen molar-refractivity contribution in [1.29, 1.82) is 0 Å². The molecule has 0 unspecified atom stereocenters. The fraction of sp³-hybridized carbons (Fsp3) is 0.375. The normalized spacial score (nSPS) is 9.29. The van der Waals surface area contributed by atoms with Crippen LogP contribution in [0, 0.1) is 34.6 Å². The number of hydrogen-bond acceptors (Lipinski definition) is 8. The van der Waals surface area contributed by atoms with Gasteiger partial charge in [-0.3, -0.25) is 0 Å². The first-order valence-corrected chi connectivity index (χ1v) is 18.4. The molecule has 5 aromatic rings. The largest absolute Gasteiger partial charge is 0.416 e. The highest BCUT2D eigenvalue weighted by molar-refractivity contribution is 9.08. The Hall–Kier alpha value is -3.30. The molecule has 0 aromatic carbocycles. The number of nitrogens with zero attached hydrogens (tertiary/aromatic N) is 8. The van der Waals surface area contributed by atoms with E-state index >= 15 is 0 Å². The predicted octanol–water partition coefficient (Wildman–Crippen LogP) is 15.1. The molecule has 0 atom stereocenters. The van der Waals surface area contributed by atoms with Crippen LogP contribution in [-0.4, -0.2) is 30.0 Å². The number of rotatable bonds is 5. The van der Waals surface area contributed by atoms with E-state index in [-0.39, 0.29) is 67.7 Å². The number of hydrogen-bond donors (Lipinski definition) is 2. The highest BCUT2D eigenvalue weighted by Crippen LogP contribution is 2.30. The smallest absolute Gasteiger partial charge is 0.390 e. The quantitative estimate of drug-likeness (QED) is 0.0583. The molecule has 0 bridgehead atoms. The summed E-state index contributed by atoms with van der Waals surface area (Å²) in [7, 11) is 0. The van der Waals surface area contributed by atoms with Crippen molar-refractivity contribution in [2.75, 3.05) is 0 Å². The fourth-order valence-electron chi connectivity index (χ4n) is 4.03. The summed E-state index contributed by atoms with van der Waals surface area (Å²) in [5.41, 5.74) is 20.1. The maximum absolute atomic E-state index is 12.2. The molecule has 0 spiro atoms. The van der Waals surface area contributed by atoms with Gasteiger partial charge in [0.1, 0.15) is 25.8 Å². The first-order valence-electron chi connectivity index (χ1n) is 15.4. The molecule has 5 rings (SSSR count). The Balaban J connectivity index is -0.000000203. The summed E-state index contributed by atoms with van der Waals surface area (Å²) in [5, 5.41) is 14.6. The Morgan fingerprint density at radius 2 is 0.983 bits per heavy atom. The highest BCUT2D eigenvalue weighted by Gasteiger charge is 2.31. The molecule has 19 heteroatoms. The van der Waals surface area contributed by atoms with Crippen LogP contribution in [0.5, 0.6) is 0 Å². The molecule has 0 aliphatic carbocycles. The van der Waals surface area contributed by atoms with E-state index in [0.717, 1.165) is 51.1 Å². The summed E-state index contributed by atoms with van der Waals surface area (Å²) < 4.78 is 36.5. The number of aliphatic hydroxyl groups excluding tert-OH is 1. The maximum atomic E-state index is 12.2. The van der Waals surface area contributed by atoms with Crippen LogP contribution in [0.4, 0.5) is 13.2 Å². The van der Waals surface area contributed by atoms with E-state index < -0.39 is 11.7 Å². The Kier molecular flexibility index (Phi) is 36.7. The van der Waals surface area contributed by atoms with Crippen LogP contribution >= 0.6 is 73.9 Å². The van der Waals surface area contributed by atoms with Gasteiger partial charge in [-0.2, -0.15) is 13.2 Å². The summed E-state index contributed by atoms with van der Waals surface area (Å²) in [6.45, 7) is 9.88. The van der Waals surface area contributed by atoms with Gasteiger partial charge in [-0.05, 0) is 123 Å². The molecule has 0 radical (unpaired) electrons. The zero-order valence-electron chi connectivity index (χ0n) is 29.6. The van der Waals surface area contributed by atoms with Gasteiger partial charge < -0.3 is 10.8 Å². The Morgan fingerprint density at radius 1 is 0.610 bits per heavy atom. The monoisotopic (exact) mass is 989 g/mol. The minimum Gasteiger partial charge on any atom is -0.390 e. The molecule has 3 N–H and O–H groups in total. The molecule has 0 saturated heterocycles. The summed E-state index contributed by atoms with van der Waals surface area (Å²) in [6.07, 6.45) is -4.41. The number of halogens is 9. The molecule has 330 valence electrons. The van der Waals surface area contributed by atoms with Crippen LogP contribution in [0.2, 0.25) is 25.8 Å². The number of nitrogens with two attached hydrogens (primary N) is 1. The first kappa shape index (κ1) is 64.8. The van der Waals surface area contributed by atoms with E-state index in [9.17, 15) is 13.2 Å². The second-order valence-corrected chi connectivity index (χ2v) is 13.5. The number of aryl methyl sites for hydroxylation is 5. The third kappa shape index (κ3) is 28.7. The van der Waals surface area contributed by atoms with Crippen LogP contribution < -0.4 is 5.73 Å². The van der Waals surface area contributed by atoms with Crippen molar-refractivity contribution in [1.82, 2.24) is 24.9 Å². The third-order valence-electron chi connectivity index (χ3n) is 6.02. The van der Waals surface area contributed by atoms with Crippen molar-refractivity contribution < 1.29 is 18.3 Å². The van der Waals surface area contributed by atoms with Crippen molar-refractivity contribution in [3.05, 3.63) is 153 Å². The molecule has 0 fully saturated rings. The molecular formula is C40H56BrCl5F3N9O. The lowest BCUT2D eigenvalue weighted by Crippen LogP contribution is -2.08. The van der Waals surface area contributed by atoms with Crippen LogP contribution in [-0.2, 0) is 31.2 Å². The average Bonchev–Trinajstić information content (AvgIpc) is 3.06. The number of pyridine rings is 5. The number of aliphatic hydroxyl groups is 1. The van der Waals surface area contributed by atoms with Crippen LogP contribution in [0.25, 0.3) is 10.4 Å². The van der Waals surface area contributed by atoms with E-state index in [2.05, 4.69) is 50.9 Å². The minimum absolute atomic E-state index is 0. The number of azide groups is 1. The first-order chi connectivity index (χ1) is 25.3. The molecule has 5 heterocycles. The maximum Gasteiger partial charge on any atom is 0.416 e. The van der Waals surface area contributed by atoms with Gasteiger partial charge in [-0.25, -0.2) is 24.9 Å². The lowest BCUT2D eigenvalue weighted by molar-refractivity contribution is -0.137. The molecular weight excluding hydrogens is 937 g/mol. The van der Waals surface area contributed by atoms with Gasteiger partial charge in [-0.15, -0.1) is 0 Å². The Labute approximate surface area is 381 Å². The summed E-state index contributed by atoms with van der Waals surface area (Å²) in [5.74, 6) is 0. The Morgan fingerprint density at radius 3 is 1.36 bits per heavy atom. The molecule has 0 amide bonds. The van der Waals surface area contributed by atoms with Crippen LogP contribution in [0.1, 0.15) is 93.4 Å². The van der Waals surface area contributed by atoms with Crippen LogP contribution in [0.15, 0.2) is 65.8 Å². The molecule has 0 aliphatic heterocycles. The van der Waals surface area contributed by atoms with Gasteiger partial charge in [0.25, 0.3) is 0 Å². The van der Waals surface area contributed by atoms with Crippen molar-refractivity contribution >= 4 is 73.9 Å². The van der Waals surface area contributed by atoms with E-state index in [1.54, 1.807) is 18.2 Å². The van der Waals surface area contributed by atoms with Crippen molar-refractivity contribution in [2.45, 2.75) is 103 Å². The minimum atomic E-state index is -4.41. The highest BCUT2D eigenvalue weighted by atomic mass is 79.9. The van der Waals surface area contributed by atoms with Gasteiger partial charge >= 0.3 is 6.18 Å². The molecule has 0 saturated carbocycles. The van der Waals surface area contributed by atoms with Crippen LogP contribution in [0.3, 0.4) is 0 Å². The molecule has 0 aliphatic rings. The van der Waals surface area contributed by atoms with Gasteiger partial charge in [-0.1, -0.05) is 116 Å². The summed E-state index contributed by atoms with van der Waals surface area (Å²) in [4.78, 5) is 22.1. The van der Waals surface area contributed by atoms with E-state index in [1.165, 1.54) is 0 Å². The van der Waals surface area contributed by atoms with Gasteiger partial charge in [0, 0.05) is 28.2 Å². The lowest BCUT2D eigenvalue weighted by Gasteiger charge is -2.07. The van der Waals surface area contributed by atoms with E-state index in [0.29, 0.717) is 32.0 Å². The zero-order chi connectivity index (χ0) is 41.0.